The largest absolute Gasteiger partial charge is 0.492 e. The predicted molar refractivity (Wildman–Crippen MR) is 77.4 cm³/mol. The van der Waals surface area contributed by atoms with E-state index in [0.717, 1.165) is 24.3 Å². The number of aromatic nitrogens is 1. The molecule has 0 aliphatic rings. The lowest BCUT2D eigenvalue weighted by Crippen LogP contribution is -2.17. The minimum absolute atomic E-state index is 0.357. The fraction of sp³-hybridized carbons (Fsp3) is 0. The molecule has 0 bridgehead atoms. The number of azide groups is 1. The molecule has 0 aliphatic carbocycles. The first kappa shape index (κ1) is 17.0. The average molecular weight is 355 g/mol. The number of carbonyl (C=O) groups is 1. The Morgan fingerprint density at radius 3 is 2.29 bits per heavy atom. The van der Waals surface area contributed by atoms with Crippen molar-refractivity contribution in [3.63, 3.8) is 0 Å². The summed E-state index contributed by atoms with van der Waals surface area (Å²) in [6, 6.07) is 3.91. The fourth-order valence-corrected chi connectivity index (χ4v) is 2.55. The molecule has 0 atom stereocenters. The Hall–Kier alpha value is -3.41. The molecule has 24 heavy (non-hydrogen) atoms. The highest BCUT2D eigenvalue weighted by atomic mass is 32.2. The number of nitrogens with zero attached hydrogens (tertiary/aromatic N) is 4. The van der Waals surface area contributed by atoms with Gasteiger partial charge in [-0.05, 0) is 11.6 Å². The lowest BCUT2D eigenvalue weighted by molar-refractivity contribution is 0.0984. The van der Waals surface area contributed by atoms with E-state index in [1.165, 1.54) is 0 Å². The number of rotatable bonds is 5. The summed E-state index contributed by atoms with van der Waals surface area (Å²) < 4.78 is 33.0. The Kier molecular flexibility index (Phi) is 4.24. The van der Waals surface area contributed by atoms with Gasteiger partial charge in [0.1, 0.15) is 4.90 Å². The minimum atomic E-state index is -5.05. The molecule has 2 rings (SSSR count). The van der Waals surface area contributed by atoms with Gasteiger partial charge in [-0.3, -0.25) is 9.35 Å². The third-order valence-electron chi connectivity index (χ3n) is 2.75. The third kappa shape index (κ3) is 3.03. The van der Waals surface area contributed by atoms with Gasteiger partial charge in [0.25, 0.3) is 16.0 Å². The molecule has 0 saturated carbocycles. The Morgan fingerprint density at radius 1 is 1.25 bits per heavy atom. The van der Waals surface area contributed by atoms with Gasteiger partial charge in [0.15, 0.2) is 5.75 Å². The molecule has 2 aromatic rings. The van der Waals surface area contributed by atoms with E-state index in [4.69, 9.17) is 16.1 Å². The molecule has 13 heteroatoms. The third-order valence-corrected chi connectivity index (χ3v) is 3.66. The molecule has 0 saturated heterocycles. The molecular weight excluding hydrogens is 346 g/mol. The monoisotopic (exact) mass is 355 g/mol. The summed E-state index contributed by atoms with van der Waals surface area (Å²) in [5.74, 6) is -3.30. The molecule has 0 radical (unpaired) electrons. The normalized spacial score (nSPS) is 10.9. The summed E-state index contributed by atoms with van der Waals surface area (Å²) in [6.45, 7) is 0. The van der Waals surface area contributed by atoms with Gasteiger partial charge in [-0.1, -0.05) is 11.2 Å². The van der Waals surface area contributed by atoms with Crippen molar-refractivity contribution in [3.8, 4) is 17.5 Å². The van der Waals surface area contributed by atoms with Crippen molar-refractivity contribution >= 4 is 21.7 Å². The van der Waals surface area contributed by atoms with Crippen molar-refractivity contribution in [2.24, 2.45) is 10.8 Å². The number of hydrogen-bond donors (Lipinski definition) is 4. The van der Waals surface area contributed by atoms with Gasteiger partial charge in [0.2, 0.25) is 11.8 Å². The first-order valence-electron chi connectivity index (χ1n) is 5.94. The van der Waals surface area contributed by atoms with E-state index in [2.05, 4.69) is 10.0 Å². The highest BCUT2D eigenvalue weighted by molar-refractivity contribution is 7.86. The predicted octanol–water partition coefficient (Wildman–Crippen LogP) is 1.03. The van der Waals surface area contributed by atoms with E-state index < -0.39 is 49.7 Å². The average Bonchev–Trinajstić information content (AvgIpc) is 2.78. The molecule has 0 aliphatic heterocycles. The van der Waals surface area contributed by atoms with Crippen LogP contribution in [0, 0.1) is 0 Å². The highest BCUT2D eigenvalue weighted by Crippen LogP contribution is 2.38. The smallest absolute Gasteiger partial charge is 0.298 e. The number of nitrogens with two attached hydrogens (primary N) is 1. The molecule has 0 unspecified atom stereocenters. The van der Waals surface area contributed by atoms with E-state index >= 15 is 0 Å². The van der Waals surface area contributed by atoms with Crippen molar-refractivity contribution in [2.45, 2.75) is 4.90 Å². The quantitative estimate of drug-likeness (QED) is 0.265. The van der Waals surface area contributed by atoms with Crippen molar-refractivity contribution in [3.05, 3.63) is 40.3 Å². The van der Waals surface area contributed by atoms with Crippen molar-refractivity contribution < 1.29 is 32.8 Å². The van der Waals surface area contributed by atoms with Crippen molar-refractivity contribution in [1.82, 2.24) is 4.73 Å². The summed E-state index contributed by atoms with van der Waals surface area (Å²) in [5, 5.41) is 22.2. The fourth-order valence-electron chi connectivity index (χ4n) is 1.80. The van der Waals surface area contributed by atoms with Crippen LogP contribution in [0.15, 0.2) is 34.3 Å². The van der Waals surface area contributed by atoms with Crippen LogP contribution in [0.3, 0.4) is 0 Å². The van der Waals surface area contributed by atoms with E-state index in [0.29, 0.717) is 4.73 Å². The zero-order valence-electron chi connectivity index (χ0n) is 11.6. The summed E-state index contributed by atoms with van der Waals surface area (Å²) in [5.41, 5.74) is 12.5. The van der Waals surface area contributed by atoms with Gasteiger partial charge in [-0.2, -0.15) is 8.42 Å². The molecule has 1 amide bonds. The topological polar surface area (TPSA) is 201 Å². The molecule has 1 aromatic carbocycles. The molecule has 12 nitrogen and oxygen atoms in total. The summed E-state index contributed by atoms with van der Waals surface area (Å²) >= 11 is 0. The highest BCUT2D eigenvalue weighted by Gasteiger charge is 2.28. The maximum atomic E-state index is 11.6. The second kappa shape index (κ2) is 6.00. The van der Waals surface area contributed by atoms with Gasteiger partial charge in [0.05, 0.1) is 11.3 Å². The standard InChI is InChI=1S/C11H9N5O7S/c12-11(19)5-1-2-6(14-15-13)10(24(20,21)22)9(5)23-16-7(17)3-4-8(16)18/h1-4,17-18H,(H2,12,19)(H,20,21,22). The number of carbonyl (C=O) groups excluding carboxylic acids is 1. The van der Waals surface area contributed by atoms with Crippen LogP contribution in [-0.4, -0.2) is 33.8 Å². The molecular formula is C11H9N5O7S. The first-order valence-corrected chi connectivity index (χ1v) is 7.38. The number of aromatic hydroxyl groups is 2. The van der Waals surface area contributed by atoms with Crippen LogP contribution in [0.4, 0.5) is 5.69 Å². The van der Waals surface area contributed by atoms with Crippen molar-refractivity contribution in [2.75, 3.05) is 0 Å². The van der Waals surface area contributed by atoms with Gasteiger partial charge in [-0.15, -0.1) is 4.73 Å². The Balaban J connectivity index is 2.86. The van der Waals surface area contributed by atoms with Crippen LogP contribution >= 0.6 is 0 Å². The Labute approximate surface area is 133 Å². The first-order chi connectivity index (χ1) is 11.2. The van der Waals surface area contributed by atoms with E-state index in [-0.39, 0.29) is 0 Å². The molecule has 0 spiro atoms. The molecule has 1 heterocycles. The molecule has 0 fully saturated rings. The van der Waals surface area contributed by atoms with Gasteiger partial charge >= 0.3 is 0 Å². The SMILES string of the molecule is [N-]=[N+]=Nc1ccc(C(N)=O)c(On2c(O)ccc2O)c1S(=O)(=O)O. The number of amides is 1. The Bertz CT molecular complexity index is 955. The lowest BCUT2D eigenvalue weighted by atomic mass is 10.1. The summed E-state index contributed by atoms with van der Waals surface area (Å²) in [7, 11) is -5.05. The zero-order chi connectivity index (χ0) is 18.1. The van der Waals surface area contributed by atoms with Gasteiger partial charge in [-0.25, -0.2) is 0 Å². The van der Waals surface area contributed by atoms with Crippen LogP contribution in [0.25, 0.3) is 10.4 Å². The summed E-state index contributed by atoms with van der Waals surface area (Å²) in [4.78, 5) is 17.8. The second-order valence-corrected chi connectivity index (χ2v) is 5.61. The summed E-state index contributed by atoms with van der Waals surface area (Å²) in [6.07, 6.45) is 0. The van der Waals surface area contributed by atoms with E-state index in [1.807, 2.05) is 0 Å². The molecule has 1 aromatic heterocycles. The lowest BCUT2D eigenvalue weighted by Gasteiger charge is -2.15. The van der Waals surface area contributed by atoms with Crippen molar-refractivity contribution in [1.29, 1.82) is 0 Å². The van der Waals surface area contributed by atoms with E-state index in [9.17, 15) is 28.0 Å². The van der Waals surface area contributed by atoms with Crippen LogP contribution < -0.4 is 10.6 Å². The zero-order valence-corrected chi connectivity index (χ0v) is 12.4. The van der Waals surface area contributed by atoms with Crippen LogP contribution in [0.5, 0.6) is 17.5 Å². The Morgan fingerprint density at radius 2 is 1.83 bits per heavy atom. The molecule has 126 valence electrons. The van der Waals surface area contributed by atoms with Crippen LogP contribution in [-0.2, 0) is 10.1 Å². The van der Waals surface area contributed by atoms with E-state index in [1.54, 1.807) is 0 Å². The van der Waals surface area contributed by atoms with Crippen LogP contribution in [0.1, 0.15) is 10.4 Å². The van der Waals surface area contributed by atoms with Gasteiger partial charge < -0.3 is 20.8 Å². The number of hydrogen-bond acceptors (Lipinski definition) is 7. The van der Waals surface area contributed by atoms with Gasteiger partial charge in [0, 0.05) is 17.0 Å². The number of primary amides is 1. The molecule has 5 N–H and O–H groups in total. The second-order valence-electron chi connectivity index (χ2n) is 4.25. The number of benzene rings is 1. The van der Waals surface area contributed by atoms with Crippen LogP contribution in [0.2, 0.25) is 0 Å². The maximum Gasteiger partial charge on any atom is 0.298 e. The minimum Gasteiger partial charge on any atom is -0.492 e. The maximum absolute atomic E-state index is 11.6.